The van der Waals surface area contributed by atoms with E-state index in [-0.39, 0.29) is 19.3 Å². The number of amides is 3. The number of aliphatic carboxylic acids is 1. The van der Waals surface area contributed by atoms with Crippen molar-refractivity contribution in [3.63, 3.8) is 0 Å². The molecule has 0 fully saturated rings. The van der Waals surface area contributed by atoms with Gasteiger partial charge < -0.3 is 31.8 Å². The van der Waals surface area contributed by atoms with E-state index in [1.807, 2.05) is 42.6 Å². The molecule has 1 heterocycles. The van der Waals surface area contributed by atoms with Gasteiger partial charge in [0.1, 0.15) is 18.1 Å². The molecule has 7 N–H and O–H groups in total. The lowest BCUT2D eigenvalue weighted by molar-refractivity contribution is -0.142. The van der Waals surface area contributed by atoms with Crippen molar-refractivity contribution in [2.45, 2.75) is 50.4 Å². The number of nitrogens with one attached hydrogen (secondary N) is 4. The summed E-state index contributed by atoms with van der Waals surface area (Å²) in [7, 11) is 0. The second-order valence-electron chi connectivity index (χ2n) is 10.2. The van der Waals surface area contributed by atoms with Crippen LogP contribution in [0.4, 0.5) is 0 Å². The number of aromatic amines is 1. The number of aromatic nitrogens is 1. The zero-order valence-electron chi connectivity index (χ0n) is 23.2. The van der Waals surface area contributed by atoms with Gasteiger partial charge in [0, 0.05) is 29.9 Å². The fourth-order valence-electron chi connectivity index (χ4n) is 4.69. The summed E-state index contributed by atoms with van der Waals surface area (Å²) in [6.07, 6.45) is 2.27. The highest BCUT2D eigenvalue weighted by Crippen LogP contribution is 2.18. The van der Waals surface area contributed by atoms with Crippen LogP contribution in [0, 0.1) is 0 Å². The van der Waals surface area contributed by atoms with E-state index in [4.69, 9.17) is 5.73 Å². The molecule has 0 spiro atoms. The molecule has 4 unspecified atom stereocenters. The van der Waals surface area contributed by atoms with Crippen LogP contribution >= 0.6 is 0 Å². The number of carboxylic acid groups (broad SMARTS) is 1. The van der Waals surface area contributed by atoms with Gasteiger partial charge >= 0.3 is 5.97 Å². The average Bonchev–Trinajstić information content (AvgIpc) is 3.39. The monoisotopic (exact) mass is 569 g/mol. The number of hydrogen-bond acceptors (Lipinski definition) is 5. The Bertz CT molecular complexity index is 1520. The van der Waals surface area contributed by atoms with Gasteiger partial charge in [0.2, 0.25) is 17.7 Å². The van der Waals surface area contributed by atoms with Crippen molar-refractivity contribution < 1.29 is 24.3 Å². The summed E-state index contributed by atoms with van der Waals surface area (Å²) in [6, 6.07) is 21.5. The van der Waals surface area contributed by atoms with Crippen LogP contribution in [0.1, 0.15) is 23.6 Å². The standard InChI is InChI=1S/C32H35N5O5/c1-20(35-30(39)25(33)18-23-19-34-26-15-9-8-14-24(23)26)29(38)36-27(16-21-10-4-2-5-11-21)31(40)37-28(32(41)42)17-22-12-6-3-7-13-22/h2-15,19-20,25,27-28,34H,16-18,33H2,1H3,(H,35,39)(H,36,38)(H,37,40)(H,41,42). The lowest BCUT2D eigenvalue weighted by Crippen LogP contribution is -2.57. The van der Waals surface area contributed by atoms with Crippen molar-refractivity contribution >= 4 is 34.6 Å². The van der Waals surface area contributed by atoms with E-state index in [0.29, 0.717) is 0 Å². The van der Waals surface area contributed by atoms with Gasteiger partial charge in [-0.25, -0.2) is 4.79 Å². The number of carbonyl (C=O) groups excluding carboxylic acids is 3. The molecule has 0 saturated carbocycles. The Morgan fingerprint density at radius 1 is 0.714 bits per heavy atom. The van der Waals surface area contributed by atoms with Gasteiger partial charge in [0.15, 0.2) is 0 Å². The van der Waals surface area contributed by atoms with E-state index in [1.165, 1.54) is 6.92 Å². The first-order chi connectivity index (χ1) is 20.2. The lowest BCUT2D eigenvalue weighted by atomic mass is 10.0. The number of benzene rings is 3. The minimum Gasteiger partial charge on any atom is -0.480 e. The highest BCUT2D eigenvalue weighted by atomic mass is 16.4. The molecule has 3 amide bonds. The number of para-hydroxylation sites is 1. The summed E-state index contributed by atoms with van der Waals surface area (Å²) in [6.45, 7) is 1.50. The van der Waals surface area contributed by atoms with Crippen LogP contribution in [0.25, 0.3) is 10.9 Å². The maximum Gasteiger partial charge on any atom is 0.326 e. The number of carboxylic acids is 1. The molecule has 42 heavy (non-hydrogen) atoms. The summed E-state index contributed by atoms with van der Waals surface area (Å²) in [5, 5.41) is 18.6. The van der Waals surface area contributed by atoms with Gasteiger partial charge in [-0.1, -0.05) is 78.9 Å². The van der Waals surface area contributed by atoms with E-state index < -0.39 is 47.9 Å². The van der Waals surface area contributed by atoms with Gasteiger partial charge in [-0.3, -0.25) is 14.4 Å². The van der Waals surface area contributed by atoms with Crippen molar-refractivity contribution in [2.24, 2.45) is 5.73 Å². The molecule has 0 radical (unpaired) electrons. The number of rotatable bonds is 13. The number of hydrogen-bond donors (Lipinski definition) is 6. The SMILES string of the molecule is CC(NC(=O)C(N)Cc1c[nH]c2ccccc12)C(=O)NC(Cc1ccccc1)C(=O)NC(Cc1ccccc1)C(=O)O. The molecule has 1 aromatic heterocycles. The first-order valence-electron chi connectivity index (χ1n) is 13.7. The Morgan fingerprint density at radius 3 is 1.88 bits per heavy atom. The molecule has 10 nitrogen and oxygen atoms in total. The van der Waals surface area contributed by atoms with E-state index in [2.05, 4.69) is 20.9 Å². The van der Waals surface area contributed by atoms with E-state index in [0.717, 1.165) is 27.6 Å². The molecule has 4 atom stereocenters. The van der Waals surface area contributed by atoms with Crippen LogP contribution < -0.4 is 21.7 Å². The topological polar surface area (TPSA) is 166 Å². The van der Waals surface area contributed by atoms with Crippen LogP contribution in [0.15, 0.2) is 91.1 Å². The molecule has 0 aliphatic heterocycles. The van der Waals surface area contributed by atoms with Crippen LogP contribution in [0.2, 0.25) is 0 Å². The second-order valence-corrected chi connectivity index (χ2v) is 10.2. The maximum atomic E-state index is 13.3. The zero-order valence-corrected chi connectivity index (χ0v) is 23.2. The summed E-state index contributed by atoms with van der Waals surface area (Å²) < 4.78 is 0. The Balaban J connectivity index is 1.40. The molecule has 0 saturated heterocycles. The fourth-order valence-corrected chi connectivity index (χ4v) is 4.69. The first-order valence-corrected chi connectivity index (χ1v) is 13.7. The number of carbonyl (C=O) groups is 4. The van der Waals surface area contributed by atoms with Crippen molar-refractivity contribution in [3.8, 4) is 0 Å². The molecule has 4 aromatic rings. The third-order valence-corrected chi connectivity index (χ3v) is 7.02. The van der Waals surface area contributed by atoms with E-state index in [9.17, 15) is 24.3 Å². The Kier molecular flexibility index (Phi) is 10.1. The van der Waals surface area contributed by atoms with Gasteiger partial charge in [0.05, 0.1) is 6.04 Å². The Morgan fingerprint density at radius 2 is 1.26 bits per heavy atom. The smallest absolute Gasteiger partial charge is 0.326 e. The van der Waals surface area contributed by atoms with Crippen molar-refractivity contribution in [1.29, 1.82) is 0 Å². The normalized spacial score (nSPS) is 13.9. The summed E-state index contributed by atoms with van der Waals surface area (Å²) in [4.78, 5) is 54.4. The van der Waals surface area contributed by atoms with Crippen LogP contribution in [0.5, 0.6) is 0 Å². The molecule has 0 aliphatic rings. The lowest BCUT2D eigenvalue weighted by Gasteiger charge is -2.24. The summed E-state index contributed by atoms with van der Waals surface area (Å²) >= 11 is 0. The zero-order chi connectivity index (χ0) is 30.1. The van der Waals surface area contributed by atoms with Gasteiger partial charge in [-0.05, 0) is 36.1 Å². The minimum absolute atomic E-state index is 0.0781. The number of H-pyrrole nitrogens is 1. The van der Waals surface area contributed by atoms with Gasteiger partial charge in [-0.15, -0.1) is 0 Å². The van der Waals surface area contributed by atoms with Crippen molar-refractivity contribution in [1.82, 2.24) is 20.9 Å². The van der Waals surface area contributed by atoms with Crippen LogP contribution in [-0.2, 0) is 38.4 Å². The molecule has 218 valence electrons. The predicted molar refractivity (Wildman–Crippen MR) is 159 cm³/mol. The van der Waals surface area contributed by atoms with Crippen molar-refractivity contribution in [2.75, 3.05) is 0 Å². The Labute approximate surface area is 243 Å². The number of nitrogens with two attached hydrogens (primary N) is 1. The Hall–Kier alpha value is -4.96. The number of fused-ring (bicyclic) bond motifs is 1. The minimum atomic E-state index is -1.20. The van der Waals surface area contributed by atoms with Gasteiger partial charge in [0.25, 0.3) is 0 Å². The highest BCUT2D eigenvalue weighted by Gasteiger charge is 2.29. The predicted octanol–water partition coefficient (Wildman–Crippen LogP) is 2.08. The molecular formula is C32H35N5O5. The third-order valence-electron chi connectivity index (χ3n) is 7.02. The maximum absolute atomic E-state index is 13.3. The highest BCUT2D eigenvalue weighted by molar-refractivity contribution is 5.94. The van der Waals surface area contributed by atoms with Gasteiger partial charge in [-0.2, -0.15) is 0 Å². The molecule has 0 aliphatic carbocycles. The summed E-state index contributed by atoms with van der Waals surface area (Å²) in [5.74, 6) is -2.96. The van der Waals surface area contributed by atoms with Crippen LogP contribution in [-0.4, -0.2) is 57.9 Å². The quantitative estimate of drug-likeness (QED) is 0.144. The second kappa shape index (κ2) is 14.1. The molecule has 10 heteroatoms. The average molecular weight is 570 g/mol. The molecule has 0 bridgehead atoms. The summed E-state index contributed by atoms with van der Waals surface area (Å²) in [5.41, 5.74) is 9.50. The largest absolute Gasteiger partial charge is 0.480 e. The van der Waals surface area contributed by atoms with Crippen molar-refractivity contribution in [3.05, 3.63) is 108 Å². The first kappa shape index (κ1) is 30.0. The fraction of sp³-hybridized carbons (Fsp3) is 0.250. The molecule has 3 aromatic carbocycles. The van der Waals surface area contributed by atoms with E-state index >= 15 is 0 Å². The van der Waals surface area contributed by atoms with E-state index in [1.54, 1.807) is 48.5 Å². The third kappa shape index (κ3) is 8.05. The molecule has 4 rings (SSSR count). The van der Waals surface area contributed by atoms with Crippen LogP contribution in [0.3, 0.4) is 0 Å². The molecular weight excluding hydrogens is 534 g/mol.